The summed E-state index contributed by atoms with van der Waals surface area (Å²) < 4.78 is 12.1. The molecule has 0 aliphatic carbocycles. The molecule has 0 spiro atoms. The fraction of sp³-hybridized carbons (Fsp3) is 0.105. The molecule has 1 N–H and O–H groups in total. The maximum atomic E-state index is 12.8. The molecule has 0 radical (unpaired) electrons. The van der Waals surface area contributed by atoms with Crippen molar-refractivity contribution in [2.24, 2.45) is 4.99 Å². The molecule has 4 heterocycles. The van der Waals surface area contributed by atoms with Gasteiger partial charge in [-0.15, -0.1) is 0 Å². The Hall–Kier alpha value is -3.61. The van der Waals surface area contributed by atoms with Crippen molar-refractivity contribution in [3.05, 3.63) is 88.6 Å². The highest BCUT2D eigenvalue weighted by Crippen LogP contribution is 2.12. The van der Waals surface area contributed by atoms with E-state index in [1.54, 1.807) is 36.9 Å². The lowest BCUT2D eigenvalue weighted by molar-refractivity contribution is 0.513. The van der Waals surface area contributed by atoms with Crippen LogP contribution in [0, 0.1) is 0 Å². The molecule has 0 atom stereocenters. The summed E-state index contributed by atoms with van der Waals surface area (Å²) in [4.78, 5) is 21.7. The van der Waals surface area contributed by atoms with Crippen LogP contribution < -0.4 is 10.9 Å². The summed E-state index contributed by atoms with van der Waals surface area (Å²) in [7, 11) is 0. The van der Waals surface area contributed by atoms with Gasteiger partial charge in [-0.3, -0.25) is 14.2 Å². The van der Waals surface area contributed by atoms with Crippen molar-refractivity contribution in [3.63, 3.8) is 0 Å². The summed E-state index contributed by atoms with van der Waals surface area (Å²) in [6.07, 6.45) is 6.41. The Balaban J connectivity index is 1.69. The fourth-order valence-electron chi connectivity index (χ4n) is 2.57. The Morgan fingerprint density at radius 3 is 2.65 bits per heavy atom. The molecule has 0 fully saturated rings. The highest BCUT2D eigenvalue weighted by Gasteiger charge is 2.11. The minimum atomic E-state index is -0.194. The molecule has 130 valence electrons. The third-order valence-electron chi connectivity index (χ3n) is 3.83. The van der Waals surface area contributed by atoms with E-state index in [9.17, 15) is 4.79 Å². The Morgan fingerprint density at radius 2 is 1.88 bits per heavy atom. The first kappa shape index (κ1) is 15.9. The van der Waals surface area contributed by atoms with Crippen molar-refractivity contribution in [1.82, 2.24) is 9.38 Å². The Morgan fingerprint density at radius 1 is 1.08 bits per heavy atom. The second-order valence-electron chi connectivity index (χ2n) is 5.59. The normalized spacial score (nSPS) is 11.4. The van der Waals surface area contributed by atoms with Crippen LogP contribution in [0.4, 0.5) is 5.82 Å². The number of nitrogens with one attached hydrogen (secondary N) is 1. The summed E-state index contributed by atoms with van der Waals surface area (Å²) in [6, 6.07) is 12.7. The maximum Gasteiger partial charge on any atom is 0.268 e. The predicted molar refractivity (Wildman–Crippen MR) is 97.5 cm³/mol. The molecular formula is C19H16N4O3. The van der Waals surface area contributed by atoms with Crippen LogP contribution in [-0.4, -0.2) is 15.6 Å². The van der Waals surface area contributed by atoms with E-state index in [1.165, 1.54) is 10.6 Å². The number of hydrogen-bond donors (Lipinski definition) is 1. The van der Waals surface area contributed by atoms with Crippen LogP contribution in [0.25, 0.3) is 5.65 Å². The molecule has 4 rings (SSSR count). The third kappa shape index (κ3) is 3.27. The number of hydrogen-bond acceptors (Lipinski definition) is 6. The van der Waals surface area contributed by atoms with Crippen LogP contribution in [0.5, 0.6) is 0 Å². The average molecular weight is 348 g/mol. The standard InChI is InChI=1S/C19H16N4O3/c24-19-16(13-20-11-14-5-3-9-25-14)18(21-12-15-6-4-10-26-15)22-17-7-1-2-8-23(17)19/h1-10,13,21H,11-12H2/b20-13+. The van der Waals surface area contributed by atoms with Gasteiger partial charge in [0.05, 0.1) is 25.6 Å². The molecule has 0 bridgehead atoms. The van der Waals surface area contributed by atoms with Crippen LogP contribution in [0.2, 0.25) is 0 Å². The average Bonchev–Trinajstić information content (AvgIpc) is 3.36. The molecule has 0 unspecified atom stereocenters. The number of nitrogens with zero attached hydrogens (tertiary/aromatic N) is 3. The van der Waals surface area contributed by atoms with Gasteiger partial charge in [0.1, 0.15) is 28.5 Å². The van der Waals surface area contributed by atoms with Gasteiger partial charge in [-0.1, -0.05) is 6.07 Å². The minimum absolute atomic E-state index is 0.194. The van der Waals surface area contributed by atoms with E-state index in [0.717, 1.165) is 11.5 Å². The molecule has 0 aromatic carbocycles. The second kappa shape index (κ2) is 7.10. The molecule has 4 aromatic rings. The Labute approximate surface area is 148 Å². The highest BCUT2D eigenvalue weighted by molar-refractivity contribution is 5.86. The van der Waals surface area contributed by atoms with Crippen molar-refractivity contribution in [3.8, 4) is 0 Å². The predicted octanol–water partition coefficient (Wildman–Crippen LogP) is 3.11. The number of rotatable bonds is 6. The van der Waals surface area contributed by atoms with Gasteiger partial charge in [0.15, 0.2) is 0 Å². The lowest BCUT2D eigenvalue weighted by Gasteiger charge is -2.09. The summed E-state index contributed by atoms with van der Waals surface area (Å²) in [6.45, 7) is 0.767. The zero-order chi connectivity index (χ0) is 17.8. The maximum absolute atomic E-state index is 12.8. The van der Waals surface area contributed by atoms with Crippen molar-refractivity contribution in [1.29, 1.82) is 0 Å². The van der Waals surface area contributed by atoms with Crippen LogP contribution in [0.1, 0.15) is 17.1 Å². The van der Waals surface area contributed by atoms with Gasteiger partial charge in [0.2, 0.25) is 0 Å². The molecule has 0 amide bonds. The minimum Gasteiger partial charge on any atom is -0.467 e. The van der Waals surface area contributed by atoms with E-state index in [-0.39, 0.29) is 5.56 Å². The third-order valence-corrected chi connectivity index (χ3v) is 3.83. The molecule has 4 aromatic heterocycles. The monoisotopic (exact) mass is 348 g/mol. The molecule has 7 heteroatoms. The van der Waals surface area contributed by atoms with Crippen LogP contribution >= 0.6 is 0 Å². The quantitative estimate of drug-likeness (QED) is 0.541. The van der Waals surface area contributed by atoms with Gasteiger partial charge in [0, 0.05) is 12.4 Å². The van der Waals surface area contributed by atoms with Crippen molar-refractivity contribution in [2.75, 3.05) is 5.32 Å². The molecule has 0 saturated carbocycles. The van der Waals surface area contributed by atoms with Crippen LogP contribution in [-0.2, 0) is 13.1 Å². The molecule has 0 saturated heterocycles. The number of aliphatic imine (C=N–C) groups is 1. The van der Waals surface area contributed by atoms with Crippen LogP contribution in [0.3, 0.4) is 0 Å². The first-order valence-corrected chi connectivity index (χ1v) is 8.11. The van der Waals surface area contributed by atoms with Crippen molar-refractivity contribution < 1.29 is 8.83 Å². The number of fused-ring (bicyclic) bond motifs is 1. The Bertz CT molecular complexity index is 1080. The topological polar surface area (TPSA) is 85.0 Å². The lowest BCUT2D eigenvalue weighted by atomic mass is 10.3. The molecule has 26 heavy (non-hydrogen) atoms. The zero-order valence-corrected chi connectivity index (χ0v) is 13.8. The van der Waals surface area contributed by atoms with E-state index in [4.69, 9.17) is 8.83 Å². The smallest absolute Gasteiger partial charge is 0.268 e. The first-order valence-electron chi connectivity index (χ1n) is 8.11. The van der Waals surface area contributed by atoms with Gasteiger partial charge in [-0.2, -0.15) is 0 Å². The van der Waals surface area contributed by atoms with Crippen molar-refractivity contribution in [2.45, 2.75) is 13.1 Å². The number of aromatic nitrogens is 2. The molecular weight excluding hydrogens is 332 g/mol. The molecule has 0 aliphatic rings. The van der Waals surface area contributed by atoms with E-state index in [1.807, 2.05) is 24.3 Å². The number of pyridine rings is 1. The van der Waals surface area contributed by atoms with Gasteiger partial charge in [-0.05, 0) is 36.4 Å². The molecule has 0 aliphatic heterocycles. The van der Waals surface area contributed by atoms with Gasteiger partial charge < -0.3 is 14.2 Å². The van der Waals surface area contributed by atoms with Crippen LogP contribution in [0.15, 0.2) is 79.8 Å². The second-order valence-corrected chi connectivity index (χ2v) is 5.59. The largest absolute Gasteiger partial charge is 0.467 e. The first-order chi connectivity index (χ1) is 12.8. The van der Waals surface area contributed by atoms with Gasteiger partial charge in [-0.25, -0.2) is 4.98 Å². The summed E-state index contributed by atoms with van der Waals surface area (Å²) in [5, 5.41) is 3.16. The zero-order valence-electron chi connectivity index (χ0n) is 13.8. The van der Waals surface area contributed by atoms with E-state index in [0.29, 0.717) is 30.1 Å². The lowest BCUT2D eigenvalue weighted by Crippen LogP contribution is -2.22. The van der Waals surface area contributed by atoms with E-state index in [2.05, 4.69) is 15.3 Å². The van der Waals surface area contributed by atoms with E-state index < -0.39 is 0 Å². The number of anilines is 1. The molecule has 7 nitrogen and oxygen atoms in total. The Kier molecular flexibility index (Phi) is 4.34. The van der Waals surface area contributed by atoms with Crippen molar-refractivity contribution >= 4 is 17.7 Å². The highest BCUT2D eigenvalue weighted by atomic mass is 16.3. The summed E-state index contributed by atoms with van der Waals surface area (Å²) >= 11 is 0. The fourth-order valence-corrected chi connectivity index (χ4v) is 2.57. The summed E-state index contributed by atoms with van der Waals surface area (Å²) in [5.41, 5.74) is 0.746. The van der Waals surface area contributed by atoms with Gasteiger partial charge >= 0.3 is 0 Å². The number of furan rings is 2. The SMILES string of the molecule is O=c1c(/C=N/Cc2ccco2)c(NCc2ccco2)nc2ccccn12. The summed E-state index contributed by atoms with van der Waals surface area (Å²) in [5.74, 6) is 1.93. The van der Waals surface area contributed by atoms with Gasteiger partial charge in [0.25, 0.3) is 5.56 Å². The van der Waals surface area contributed by atoms with E-state index >= 15 is 0 Å².